The van der Waals surface area contributed by atoms with Crippen molar-refractivity contribution in [1.82, 2.24) is 0 Å². The van der Waals surface area contributed by atoms with Gasteiger partial charge >= 0.3 is 11.8 Å². The summed E-state index contributed by atoms with van der Waals surface area (Å²) < 4.78 is 84.8. The average molecular weight is 449 g/mol. The smallest absolute Gasteiger partial charge is 0.393 e. The van der Waals surface area contributed by atoms with E-state index < -0.39 is 41.2 Å². The zero-order valence-corrected chi connectivity index (χ0v) is 16.1. The molecule has 3 nitrogen and oxygen atoms in total. The van der Waals surface area contributed by atoms with E-state index in [0.29, 0.717) is 6.07 Å². The van der Waals surface area contributed by atoms with E-state index in [9.17, 15) is 31.1 Å². The molecule has 0 fully saturated rings. The molecule has 0 aliphatic carbocycles. The van der Waals surface area contributed by atoms with Crippen LogP contribution in [0.1, 0.15) is 5.56 Å². The second-order valence-electron chi connectivity index (χ2n) is 7.02. The molecule has 0 amide bonds. The van der Waals surface area contributed by atoms with Crippen molar-refractivity contribution in [2.45, 2.75) is 12.6 Å². The van der Waals surface area contributed by atoms with Crippen LogP contribution in [0.4, 0.5) is 43.4 Å². The van der Waals surface area contributed by atoms with Gasteiger partial charge in [-0.15, -0.1) is 0 Å². The van der Waals surface area contributed by atoms with E-state index in [-0.39, 0.29) is 28.0 Å². The van der Waals surface area contributed by atoms with E-state index in [1.54, 1.807) is 0 Å². The number of hydrogen-bond donors (Lipinski definition) is 0. The van der Waals surface area contributed by atoms with Crippen molar-refractivity contribution < 1.29 is 30.8 Å². The number of benzene rings is 3. The number of rotatable bonds is 4. The third-order valence-corrected chi connectivity index (χ3v) is 4.61. The number of fused-ring (bicyclic) bond motifs is 1. The van der Waals surface area contributed by atoms with Crippen molar-refractivity contribution >= 4 is 28.0 Å². The Balaban J connectivity index is 1.88. The van der Waals surface area contributed by atoms with Crippen LogP contribution in [0.3, 0.4) is 0 Å². The van der Waals surface area contributed by atoms with Crippen LogP contribution in [-0.2, 0) is 6.42 Å². The molecule has 4 aromatic rings. The van der Waals surface area contributed by atoms with Gasteiger partial charge in [0.15, 0.2) is 0 Å². The summed E-state index contributed by atoms with van der Waals surface area (Å²) in [6.07, 6.45) is -6.02. The van der Waals surface area contributed by atoms with Crippen LogP contribution in [0.2, 0.25) is 0 Å². The van der Waals surface area contributed by atoms with Gasteiger partial charge in [0.05, 0.1) is 12.1 Å². The molecule has 0 aliphatic rings. The lowest BCUT2D eigenvalue weighted by atomic mass is 10.1. The summed E-state index contributed by atoms with van der Waals surface area (Å²) in [5, 5.41) is 0.220. The zero-order valence-electron chi connectivity index (χ0n) is 16.1. The first kappa shape index (κ1) is 21.5. The second kappa shape index (κ2) is 8.07. The highest BCUT2D eigenvalue weighted by molar-refractivity contribution is 5.85. The van der Waals surface area contributed by atoms with Gasteiger partial charge < -0.3 is 9.32 Å². The second-order valence-corrected chi connectivity index (χ2v) is 7.02. The Morgan fingerprint density at radius 2 is 1.41 bits per heavy atom. The van der Waals surface area contributed by atoms with Crippen molar-refractivity contribution in [3.8, 4) is 0 Å². The highest BCUT2D eigenvalue weighted by Crippen LogP contribution is 2.37. The van der Waals surface area contributed by atoms with E-state index in [1.807, 2.05) is 0 Å². The zero-order chi connectivity index (χ0) is 23.0. The van der Waals surface area contributed by atoms with E-state index in [0.717, 1.165) is 24.3 Å². The first-order valence-electron chi connectivity index (χ1n) is 9.24. The SMILES string of the molecule is O=c1oc2cc(N(c3cccc(F)c3)c3cc(F)cc(F)c3)ccc2cc1CC(F)(F)F. The van der Waals surface area contributed by atoms with Gasteiger partial charge in [0, 0.05) is 34.5 Å². The molecular weight excluding hydrogens is 436 g/mol. The molecule has 0 N–H and O–H groups in total. The Morgan fingerprint density at radius 1 is 0.750 bits per heavy atom. The Hall–Kier alpha value is -3.75. The molecular formula is C23H13F6NO2. The molecule has 0 saturated carbocycles. The predicted octanol–water partition coefficient (Wildman–Crippen LogP) is 6.78. The Morgan fingerprint density at radius 3 is 2.06 bits per heavy atom. The van der Waals surface area contributed by atoms with Crippen LogP contribution in [0, 0.1) is 17.5 Å². The Kier molecular flexibility index (Phi) is 5.41. The van der Waals surface area contributed by atoms with E-state index in [2.05, 4.69) is 0 Å². The molecule has 4 rings (SSSR count). The lowest BCUT2D eigenvalue weighted by molar-refractivity contribution is -0.127. The van der Waals surface area contributed by atoms with Gasteiger partial charge in [0.1, 0.15) is 23.0 Å². The van der Waals surface area contributed by atoms with Gasteiger partial charge in [0.25, 0.3) is 0 Å². The third kappa shape index (κ3) is 4.61. The first-order valence-corrected chi connectivity index (χ1v) is 9.24. The lowest BCUT2D eigenvalue weighted by Crippen LogP contribution is -2.18. The highest BCUT2D eigenvalue weighted by Gasteiger charge is 2.29. The summed E-state index contributed by atoms with van der Waals surface area (Å²) in [6, 6.07) is 13.2. The molecule has 0 aliphatic heterocycles. The molecule has 0 unspecified atom stereocenters. The van der Waals surface area contributed by atoms with Gasteiger partial charge in [-0.25, -0.2) is 18.0 Å². The van der Waals surface area contributed by atoms with Crippen molar-refractivity contribution in [2.24, 2.45) is 0 Å². The predicted molar refractivity (Wildman–Crippen MR) is 107 cm³/mol. The molecule has 0 atom stereocenters. The van der Waals surface area contributed by atoms with Crippen molar-refractivity contribution in [1.29, 1.82) is 0 Å². The van der Waals surface area contributed by atoms with Crippen molar-refractivity contribution in [3.05, 3.63) is 100 Å². The standard InChI is InChI=1S/C23H13F6NO2/c24-15-2-1-3-18(8-15)30(20-9-16(25)7-17(26)10-20)19-5-4-13-6-14(12-23(27,28)29)22(31)32-21(13)11-19/h1-11H,12H2. The number of anilines is 3. The summed E-state index contributed by atoms with van der Waals surface area (Å²) in [5.41, 5.74) is -1.28. The topological polar surface area (TPSA) is 33.5 Å². The van der Waals surface area contributed by atoms with E-state index in [4.69, 9.17) is 4.42 Å². The average Bonchev–Trinajstić information content (AvgIpc) is 2.67. The normalized spacial score (nSPS) is 11.7. The van der Waals surface area contributed by atoms with Crippen LogP contribution in [-0.4, -0.2) is 6.18 Å². The highest BCUT2D eigenvalue weighted by atomic mass is 19.4. The largest absolute Gasteiger partial charge is 0.422 e. The monoisotopic (exact) mass is 449 g/mol. The van der Waals surface area contributed by atoms with Crippen molar-refractivity contribution in [3.63, 3.8) is 0 Å². The van der Waals surface area contributed by atoms with Crippen LogP contribution in [0.25, 0.3) is 11.0 Å². The number of alkyl halides is 3. The Bertz CT molecular complexity index is 1340. The number of nitrogens with zero attached hydrogens (tertiary/aromatic N) is 1. The molecule has 0 radical (unpaired) electrons. The molecule has 1 heterocycles. The maximum Gasteiger partial charge on any atom is 0.393 e. The molecule has 3 aromatic carbocycles. The van der Waals surface area contributed by atoms with Gasteiger partial charge in [-0.1, -0.05) is 6.07 Å². The lowest BCUT2D eigenvalue weighted by Gasteiger charge is -2.25. The first-order chi connectivity index (χ1) is 15.1. The number of hydrogen-bond acceptors (Lipinski definition) is 3. The minimum atomic E-state index is -4.59. The molecule has 0 spiro atoms. The molecule has 9 heteroatoms. The van der Waals surface area contributed by atoms with Gasteiger partial charge in [-0.05, 0) is 48.5 Å². The maximum absolute atomic E-state index is 13.9. The minimum absolute atomic E-state index is 0.0171. The minimum Gasteiger partial charge on any atom is -0.422 e. The van der Waals surface area contributed by atoms with E-state index >= 15 is 0 Å². The molecule has 164 valence electrons. The van der Waals surface area contributed by atoms with Crippen LogP contribution in [0.15, 0.2) is 75.9 Å². The quantitative estimate of drug-likeness (QED) is 0.254. The summed E-state index contributed by atoms with van der Waals surface area (Å²) in [4.78, 5) is 13.4. The number of halogens is 6. The fraction of sp³-hybridized carbons (Fsp3) is 0.0870. The van der Waals surface area contributed by atoms with Gasteiger partial charge in [-0.3, -0.25) is 0 Å². The summed E-state index contributed by atoms with van der Waals surface area (Å²) in [7, 11) is 0. The van der Waals surface area contributed by atoms with E-state index in [1.165, 1.54) is 41.3 Å². The Labute approximate surface area is 177 Å². The molecule has 32 heavy (non-hydrogen) atoms. The van der Waals surface area contributed by atoms with Crippen LogP contribution < -0.4 is 10.5 Å². The molecule has 1 aromatic heterocycles. The maximum atomic E-state index is 13.9. The fourth-order valence-corrected chi connectivity index (χ4v) is 3.35. The summed E-state index contributed by atoms with van der Waals surface area (Å²) in [5.74, 6) is -2.34. The van der Waals surface area contributed by atoms with Crippen LogP contribution >= 0.6 is 0 Å². The summed E-state index contributed by atoms with van der Waals surface area (Å²) in [6.45, 7) is 0. The van der Waals surface area contributed by atoms with Gasteiger partial charge in [0.2, 0.25) is 0 Å². The third-order valence-electron chi connectivity index (χ3n) is 4.61. The molecule has 0 bridgehead atoms. The fourth-order valence-electron chi connectivity index (χ4n) is 3.35. The molecule has 0 saturated heterocycles. The van der Waals surface area contributed by atoms with Gasteiger partial charge in [-0.2, -0.15) is 13.2 Å². The van der Waals surface area contributed by atoms with Crippen molar-refractivity contribution in [2.75, 3.05) is 4.90 Å². The van der Waals surface area contributed by atoms with Crippen LogP contribution in [0.5, 0.6) is 0 Å². The summed E-state index contributed by atoms with van der Waals surface area (Å²) >= 11 is 0.